The number of halogens is 1. The number of aryl methyl sites for hydroxylation is 1. The minimum atomic E-state index is -1.63. The molecule has 0 spiro atoms. The van der Waals surface area contributed by atoms with Gasteiger partial charge >= 0.3 is 0 Å². The van der Waals surface area contributed by atoms with E-state index in [2.05, 4.69) is 21.0 Å². The lowest BCUT2D eigenvalue weighted by Gasteiger charge is -2.36. The summed E-state index contributed by atoms with van der Waals surface area (Å²) in [5.74, 6) is 0.572. The normalized spacial score (nSPS) is 27.2. The van der Waals surface area contributed by atoms with E-state index in [1.54, 1.807) is 6.33 Å². The second-order valence-electron chi connectivity index (χ2n) is 8.11. The van der Waals surface area contributed by atoms with Crippen molar-refractivity contribution in [3.05, 3.63) is 48.0 Å². The molecule has 0 saturated carbocycles. The lowest BCUT2D eigenvalue weighted by atomic mass is 9.85. The lowest BCUT2D eigenvalue weighted by molar-refractivity contribution is 0.0566. The van der Waals surface area contributed by atoms with Gasteiger partial charge in [-0.05, 0) is 36.8 Å². The zero-order valence-corrected chi connectivity index (χ0v) is 16.1. The molecule has 2 aliphatic rings. The molecule has 1 unspecified atom stereocenters. The Morgan fingerprint density at radius 2 is 2.07 bits per heavy atom. The molecule has 8 heteroatoms. The van der Waals surface area contributed by atoms with Crippen LogP contribution in [0.25, 0.3) is 11.2 Å². The number of fused-ring (bicyclic) bond motifs is 2. The second kappa shape index (κ2) is 7.03. The van der Waals surface area contributed by atoms with Gasteiger partial charge in [-0.25, -0.2) is 19.3 Å². The van der Waals surface area contributed by atoms with Crippen LogP contribution in [0.5, 0.6) is 0 Å². The molecule has 1 saturated heterocycles. The predicted octanol–water partition coefficient (Wildman–Crippen LogP) is 2.02. The van der Waals surface area contributed by atoms with Crippen molar-refractivity contribution in [3.8, 4) is 0 Å². The van der Waals surface area contributed by atoms with Gasteiger partial charge in [-0.1, -0.05) is 24.3 Å². The van der Waals surface area contributed by atoms with Crippen molar-refractivity contribution in [2.24, 2.45) is 0 Å². The van der Waals surface area contributed by atoms with Crippen LogP contribution in [-0.2, 0) is 6.42 Å². The van der Waals surface area contributed by atoms with Gasteiger partial charge in [-0.2, -0.15) is 0 Å². The number of benzene rings is 1. The number of aromatic nitrogens is 4. The number of hydrogen-bond acceptors (Lipinski definition) is 6. The van der Waals surface area contributed by atoms with Crippen molar-refractivity contribution >= 4 is 17.0 Å². The average Bonchev–Trinajstić information content (AvgIpc) is 3.17. The molecule has 7 nitrogen and oxygen atoms in total. The van der Waals surface area contributed by atoms with E-state index in [0.29, 0.717) is 42.8 Å². The number of rotatable bonds is 3. The van der Waals surface area contributed by atoms with Crippen molar-refractivity contribution in [3.63, 3.8) is 0 Å². The highest BCUT2D eigenvalue weighted by atomic mass is 19.1. The fourth-order valence-electron chi connectivity index (χ4n) is 4.73. The van der Waals surface area contributed by atoms with E-state index in [0.717, 1.165) is 12.0 Å². The molecule has 3 heterocycles. The summed E-state index contributed by atoms with van der Waals surface area (Å²) >= 11 is 0. The Morgan fingerprint density at radius 3 is 2.93 bits per heavy atom. The van der Waals surface area contributed by atoms with Crippen molar-refractivity contribution < 1.29 is 14.6 Å². The van der Waals surface area contributed by atoms with Crippen molar-refractivity contribution in [1.29, 1.82) is 0 Å². The topological polar surface area (TPSA) is 87.3 Å². The van der Waals surface area contributed by atoms with E-state index in [-0.39, 0.29) is 12.6 Å². The lowest BCUT2D eigenvalue weighted by Crippen LogP contribution is -2.48. The van der Waals surface area contributed by atoms with Crippen LogP contribution in [0.3, 0.4) is 0 Å². The zero-order chi connectivity index (χ0) is 20.0. The molecule has 0 radical (unpaired) electrons. The highest BCUT2D eigenvalue weighted by molar-refractivity contribution is 5.83. The van der Waals surface area contributed by atoms with E-state index < -0.39 is 18.4 Å². The first-order valence-electron chi connectivity index (χ1n) is 10.1. The van der Waals surface area contributed by atoms with E-state index in [4.69, 9.17) is 0 Å². The second-order valence-corrected chi connectivity index (χ2v) is 8.11. The van der Waals surface area contributed by atoms with E-state index in [1.165, 1.54) is 11.9 Å². The Labute approximate surface area is 167 Å². The molecule has 3 aromatic rings. The molecule has 0 amide bonds. The highest BCUT2D eigenvalue weighted by Crippen LogP contribution is 2.36. The van der Waals surface area contributed by atoms with E-state index >= 15 is 0 Å². The first-order valence-corrected chi connectivity index (χ1v) is 10.1. The van der Waals surface area contributed by atoms with Crippen LogP contribution >= 0.6 is 0 Å². The standard InChI is InChI=1S/C21H24FN5O2/c22-21(11-28)8-3-9-26(10-21)19-17-20(24-12-23-19)27(13-25-17)18-15-5-2-1-4-14(15)6-7-16(18)29/h1-2,4-5,12-13,16,18,28-29H,3,6-11H2/t16-,18+,21?/m1/s1. The molecule has 2 aromatic heterocycles. The van der Waals surface area contributed by atoms with Gasteiger partial charge in [0.15, 0.2) is 22.7 Å². The van der Waals surface area contributed by atoms with Crippen LogP contribution < -0.4 is 4.90 Å². The van der Waals surface area contributed by atoms with Crippen molar-refractivity contribution in [2.75, 3.05) is 24.6 Å². The number of hydrogen-bond donors (Lipinski definition) is 2. The number of imidazole rings is 1. The summed E-state index contributed by atoms with van der Waals surface area (Å²) < 4.78 is 16.7. The van der Waals surface area contributed by atoms with Crippen molar-refractivity contribution in [1.82, 2.24) is 19.5 Å². The van der Waals surface area contributed by atoms with Gasteiger partial charge in [-0.3, -0.25) is 0 Å². The maximum absolute atomic E-state index is 14.8. The largest absolute Gasteiger partial charge is 0.393 e. The summed E-state index contributed by atoms with van der Waals surface area (Å²) in [7, 11) is 0. The fraction of sp³-hybridized carbons (Fsp3) is 0.476. The Hall–Kier alpha value is -2.58. The molecule has 2 N–H and O–H groups in total. The molecule has 152 valence electrons. The molecule has 0 bridgehead atoms. The molecule has 5 rings (SSSR count). The van der Waals surface area contributed by atoms with E-state index in [1.807, 2.05) is 27.7 Å². The van der Waals surface area contributed by atoms with Gasteiger partial charge in [0, 0.05) is 6.54 Å². The minimum Gasteiger partial charge on any atom is -0.393 e. The van der Waals surface area contributed by atoms with Gasteiger partial charge in [0.05, 0.1) is 31.6 Å². The molecule has 1 aliphatic carbocycles. The van der Waals surface area contributed by atoms with Gasteiger partial charge in [-0.15, -0.1) is 0 Å². The molecular formula is C21H24FN5O2. The predicted molar refractivity (Wildman–Crippen MR) is 107 cm³/mol. The first kappa shape index (κ1) is 18.4. The van der Waals surface area contributed by atoms with Crippen LogP contribution in [0.2, 0.25) is 0 Å². The number of anilines is 1. The Kier molecular flexibility index (Phi) is 4.48. The number of nitrogens with zero attached hydrogens (tertiary/aromatic N) is 5. The highest BCUT2D eigenvalue weighted by Gasteiger charge is 2.37. The summed E-state index contributed by atoms with van der Waals surface area (Å²) in [6.45, 7) is 0.230. The number of alkyl halides is 1. The summed E-state index contributed by atoms with van der Waals surface area (Å²) in [6.07, 6.45) is 5.11. The summed E-state index contributed by atoms with van der Waals surface area (Å²) in [5.41, 5.74) is 1.88. The monoisotopic (exact) mass is 397 g/mol. The molecule has 29 heavy (non-hydrogen) atoms. The summed E-state index contributed by atoms with van der Waals surface area (Å²) in [5, 5.41) is 20.2. The van der Waals surface area contributed by atoms with Crippen molar-refractivity contribution in [2.45, 2.75) is 43.5 Å². The minimum absolute atomic E-state index is 0.0807. The number of aliphatic hydroxyl groups excluding tert-OH is 2. The number of piperidine rings is 1. The quantitative estimate of drug-likeness (QED) is 0.703. The van der Waals surface area contributed by atoms with Gasteiger partial charge < -0.3 is 19.7 Å². The maximum Gasteiger partial charge on any atom is 0.166 e. The Bertz CT molecular complexity index is 1040. The zero-order valence-electron chi connectivity index (χ0n) is 16.1. The maximum atomic E-state index is 14.8. The third-order valence-electron chi connectivity index (χ3n) is 6.20. The van der Waals surface area contributed by atoms with Gasteiger partial charge in [0.2, 0.25) is 0 Å². The van der Waals surface area contributed by atoms with Gasteiger partial charge in [0.25, 0.3) is 0 Å². The SMILES string of the molecule is OCC1(F)CCCN(c2ncnc3c2ncn3[C@H]2c3ccccc3CC[C@H]2O)C1. The molecule has 1 aromatic carbocycles. The first-order chi connectivity index (χ1) is 14.1. The molecular weight excluding hydrogens is 373 g/mol. The van der Waals surface area contributed by atoms with Crippen LogP contribution in [0.1, 0.15) is 36.4 Å². The van der Waals surface area contributed by atoms with Crippen LogP contribution in [0.4, 0.5) is 10.2 Å². The fourth-order valence-corrected chi connectivity index (χ4v) is 4.73. The molecule has 1 fully saturated rings. The van der Waals surface area contributed by atoms with Crippen LogP contribution in [0.15, 0.2) is 36.9 Å². The number of aliphatic hydroxyl groups is 2. The Balaban J connectivity index is 1.58. The Morgan fingerprint density at radius 1 is 1.21 bits per heavy atom. The third-order valence-corrected chi connectivity index (χ3v) is 6.20. The summed E-state index contributed by atoms with van der Waals surface area (Å²) in [4.78, 5) is 15.2. The van der Waals surface area contributed by atoms with Crippen LogP contribution in [0, 0.1) is 0 Å². The average molecular weight is 397 g/mol. The van der Waals surface area contributed by atoms with Crippen LogP contribution in [-0.4, -0.2) is 61.2 Å². The third kappa shape index (κ3) is 3.07. The summed E-state index contributed by atoms with van der Waals surface area (Å²) in [6, 6.07) is 7.86. The van der Waals surface area contributed by atoms with E-state index in [9.17, 15) is 14.6 Å². The van der Waals surface area contributed by atoms with Gasteiger partial charge in [0.1, 0.15) is 6.33 Å². The smallest absolute Gasteiger partial charge is 0.166 e. The molecule has 1 aliphatic heterocycles. The molecule has 3 atom stereocenters.